The standard InChI is InChI=1S/C21H29NO12/c1-7-17(27)22-14-8-15(21(28)29-6)34-20(18(14)32-12(4)25)19(33-13(5)26)16(31-11(3)24)9-30-10(2)23/h8,14,16,18-20H,7,9H2,1-6H3,(H,22,27)/t14-,16+,18+,19+,20+/m0/s1. The SMILES string of the molecule is CCC(=O)N[C@H]1C=C(C(=O)OC)O[C@@H]([C@H](OC(C)=O)[C@@H](COC(C)=O)OC(C)=O)[C@@H]1OC(C)=O. The molecule has 0 bridgehead atoms. The van der Waals surface area contributed by atoms with Gasteiger partial charge in [-0.2, -0.15) is 0 Å². The molecule has 0 spiro atoms. The summed E-state index contributed by atoms with van der Waals surface area (Å²) in [5.41, 5.74) is 0. The molecule has 0 aromatic rings. The van der Waals surface area contributed by atoms with Gasteiger partial charge in [-0.05, 0) is 6.08 Å². The van der Waals surface area contributed by atoms with Crippen LogP contribution in [0.5, 0.6) is 0 Å². The van der Waals surface area contributed by atoms with E-state index in [0.29, 0.717) is 0 Å². The van der Waals surface area contributed by atoms with Crippen LogP contribution in [0.3, 0.4) is 0 Å². The minimum absolute atomic E-state index is 0.0616. The van der Waals surface area contributed by atoms with Crippen molar-refractivity contribution < 1.29 is 57.2 Å². The number of rotatable bonds is 10. The quantitative estimate of drug-likeness (QED) is 0.316. The maximum absolute atomic E-state index is 12.3. The normalized spacial score (nSPS) is 20.9. The average molecular weight is 487 g/mol. The number of ether oxygens (including phenoxy) is 6. The van der Waals surface area contributed by atoms with E-state index in [1.54, 1.807) is 6.92 Å². The zero-order chi connectivity index (χ0) is 26.0. The van der Waals surface area contributed by atoms with Crippen LogP contribution >= 0.6 is 0 Å². The summed E-state index contributed by atoms with van der Waals surface area (Å²) >= 11 is 0. The second kappa shape index (κ2) is 13.2. The van der Waals surface area contributed by atoms with Crippen LogP contribution in [0.2, 0.25) is 0 Å². The summed E-state index contributed by atoms with van der Waals surface area (Å²) in [6, 6.07) is -1.12. The van der Waals surface area contributed by atoms with E-state index in [0.717, 1.165) is 34.8 Å². The van der Waals surface area contributed by atoms with Crippen molar-refractivity contribution in [2.75, 3.05) is 13.7 Å². The molecule has 0 radical (unpaired) electrons. The van der Waals surface area contributed by atoms with Crippen LogP contribution in [0, 0.1) is 0 Å². The van der Waals surface area contributed by atoms with Crippen molar-refractivity contribution >= 4 is 35.8 Å². The molecule has 0 saturated carbocycles. The minimum Gasteiger partial charge on any atom is -0.475 e. The van der Waals surface area contributed by atoms with E-state index in [4.69, 9.17) is 23.7 Å². The topological polar surface area (TPSA) is 170 Å². The summed E-state index contributed by atoms with van der Waals surface area (Å²) in [6.07, 6.45) is -4.56. The summed E-state index contributed by atoms with van der Waals surface area (Å²) in [4.78, 5) is 71.3. The molecule has 0 fully saturated rings. The highest BCUT2D eigenvalue weighted by atomic mass is 16.6. The summed E-state index contributed by atoms with van der Waals surface area (Å²) in [6.45, 7) is 5.36. The number of methoxy groups -OCH3 is 1. The van der Waals surface area contributed by atoms with Gasteiger partial charge in [0, 0.05) is 34.1 Å². The van der Waals surface area contributed by atoms with Gasteiger partial charge in [0.25, 0.3) is 0 Å². The lowest BCUT2D eigenvalue weighted by Gasteiger charge is -2.41. The molecule has 0 aromatic carbocycles. The first-order chi connectivity index (χ1) is 15.9. The van der Waals surface area contributed by atoms with Crippen LogP contribution in [-0.4, -0.2) is 79.9 Å². The summed E-state index contributed by atoms with van der Waals surface area (Å²) in [5.74, 6) is -4.94. The predicted octanol–water partition coefficient (Wildman–Crippen LogP) is -0.305. The molecule has 1 amide bonds. The summed E-state index contributed by atoms with van der Waals surface area (Å²) < 4.78 is 31.2. The number of hydrogen-bond acceptors (Lipinski definition) is 12. The maximum Gasteiger partial charge on any atom is 0.373 e. The van der Waals surface area contributed by atoms with Crippen LogP contribution in [-0.2, 0) is 57.2 Å². The van der Waals surface area contributed by atoms with Gasteiger partial charge in [0.15, 0.2) is 24.4 Å². The summed E-state index contributed by atoms with van der Waals surface area (Å²) in [7, 11) is 1.09. The molecule has 0 saturated heterocycles. The molecular weight excluding hydrogens is 458 g/mol. The second-order valence-electron chi connectivity index (χ2n) is 7.15. The molecule has 13 heteroatoms. The number of amides is 1. The molecule has 1 aliphatic heterocycles. The summed E-state index contributed by atoms with van der Waals surface area (Å²) in [5, 5.41) is 2.59. The van der Waals surface area contributed by atoms with Crippen LogP contribution in [0.15, 0.2) is 11.8 Å². The van der Waals surface area contributed by atoms with Crippen molar-refractivity contribution in [3.8, 4) is 0 Å². The lowest BCUT2D eigenvalue weighted by molar-refractivity contribution is -0.200. The van der Waals surface area contributed by atoms with Crippen LogP contribution in [0.4, 0.5) is 0 Å². The van der Waals surface area contributed by atoms with Crippen LogP contribution in [0.25, 0.3) is 0 Å². The largest absolute Gasteiger partial charge is 0.475 e. The van der Waals surface area contributed by atoms with E-state index in [2.05, 4.69) is 10.1 Å². The first-order valence-electron chi connectivity index (χ1n) is 10.3. The smallest absolute Gasteiger partial charge is 0.373 e. The van der Waals surface area contributed by atoms with Crippen molar-refractivity contribution in [1.29, 1.82) is 0 Å². The number of carbonyl (C=O) groups excluding carboxylic acids is 6. The third-order valence-electron chi connectivity index (χ3n) is 4.37. The van der Waals surface area contributed by atoms with E-state index in [1.807, 2.05) is 0 Å². The van der Waals surface area contributed by atoms with Gasteiger partial charge in [-0.3, -0.25) is 24.0 Å². The van der Waals surface area contributed by atoms with E-state index >= 15 is 0 Å². The number of hydrogen-bond donors (Lipinski definition) is 1. The molecule has 1 aliphatic rings. The van der Waals surface area contributed by atoms with Crippen molar-refractivity contribution in [2.24, 2.45) is 0 Å². The molecule has 0 unspecified atom stereocenters. The molecule has 0 aliphatic carbocycles. The van der Waals surface area contributed by atoms with E-state index in [-0.39, 0.29) is 12.2 Å². The Kier molecular flexibility index (Phi) is 11.0. The van der Waals surface area contributed by atoms with Crippen molar-refractivity contribution in [2.45, 2.75) is 71.5 Å². The Balaban J connectivity index is 3.60. The van der Waals surface area contributed by atoms with Gasteiger partial charge < -0.3 is 33.7 Å². The third kappa shape index (κ3) is 8.71. The Labute approximate surface area is 196 Å². The minimum atomic E-state index is -1.54. The van der Waals surface area contributed by atoms with Gasteiger partial charge in [0.2, 0.25) is 11.7 Å². The van der Waals surface area contributed by atoms with Crippen LogP contribution < -0.4 is 5.32 Å². The van der Waals surface area contributed by atoms with Crippen LogP contribution in [0.1, 0.15) is 41.0 Å². The molecule has 1 N–H and O–H groups in total. The fraction of sp³-hybridized carbons (Fsp3) is 0.619. The highest BCUT2D eigenvalue weighted by molar-refractivity contribution is 5.87. The van der Waals surface area contributed by atoms with Gasteiger partial charge in [-0.1, -0.05) is 6.92 Å². The van der Waals surface area contributed by atoms with E-state index < -0.39 is 72.8 Å². The van der Waals surface area contributed by atoms with Gasteiger partial charge >= 0.3 is 29.8 Å². The molecule has 190 valence electrons. The Hall–Kier alpha value is -3.64. The fourth-order valence-corrected chi connectivity index (χ4v) is 3.08. The molecule has 1 heterocycles. The zero-order valence-electron chi connectivity index (χ0n) is 19.8. The van der Waals surface area contributed by atoms with Gasteiger partial charge in [0.05, 0.1) is 13.2 Å². The van der Waals surface area contributed by atoms with Crippen molar-refractivity contribution in [3.63, 3.8) is 0 Å². The lowest BCUT2D eigenvalue weighted by atomic mass is 9.93. The highest BCUT2D eigenvalue weighted by Crippen LogP contribution is 2.28. The maximum atomic E-state index is 12.3. The fourth-order valence-electron chi connectivity index (χ4n) is 3.08. The number of carbonyl (C=O) groups is 6. The molecule has 34 heavy (non-hydrogen) atoms. The van der Waals surface area contributed by atoms with Gasteiger partial charge in [-0.25, -0.2) is 4.79 Å². The highest BCUT2D eigenvalue weighted by Gasteiger charge is 2.49. The van der Waals surface area contributed by atoms with Crippen molar-refractivity contribution in [1.82, 2.24) is 5.32 Å². The lowest BCUT2D eigenvalue weighted by Crippen LogP contribution is -2.60. The molecule has 13 nitrogen and oxygen atoms in total. The van der Waals surface area contributed by atoms with E-state index in [1.165, 1.54) is 6.08 Å². The first kappa shape index (κ1) is 28.4. The molecule has 5 atom stereocenters. The Morgan fingerprint density at radius 1 is 0.971 bits per heavy atom. The molecule has 0 aromatic heterocycles. The Morgan fingerprint density at radius 3 is 2.06 bits per heavy atom. The second-order valence-corrected chi connectivity index (χ2v) is 7.15. The predicted molar refractivity (Wildman–Crippen MR) is 110 cm³/mol. The average Bonchev–Trinajstić information content (AvgIpc) is 2.74. The van der Waals surface area contributed by atoms with Gasteiger partial charge in [-0.15, -0.1) is 0 Å². The van der Waals surface area contributed by atoms with Gasteiger partial charge in [0.1, 0.15) is 6.61 Å². The third-order valence-corrected chi connectivity index (χ3v) is 4.37. The molecular formula is C21H29NO12. The van der Waals surface area contributed by atoms with E-state index in [9.17, 15) is 28.8 Å². The Morgan fingerprint density at radius 2 is 1.59 bits per heavy atom. The number of esters is 5. The zero-order valence-corrected chi connectivity index (χ0v) is 19.8. The first-order valence-corrected chi connectivity index (χ1v) is 10.3. The van der Waals surface area contributed by atoms with Crippen molar-refractivity contribution in [3.05, 3.63) is 11.8 Å². The number of nitrogens with one attached hydrogen (secondary N) is 1. The molecule has 1 rings (SSSR count). The monoisotopic (exact) mass is 487 g/mol. The Bertz CT molecular complexity index is 836.